The Hall–Kier alpha value is -2.18. The summed E-state index contributed by atoms with van der Waals surface area (Å²) in [5.74, 6) is -0.211. The molecule has 1 amide bonds. The molecule has 2 aromatic heterocycles. The number of hydrogen-bond donors (Lipinski definition) is 1. The number of aromatic nitrogens is 2. The molecule has 0 saturated heterocycles. The highest BCUT2D eigenvalue weighted by molar-refractivity contribution is 7.15. The van der Waals surface area contributed by atoms with Gasteiger partial charge in [0.15, 0.2) is 4.96 Å². The van der Waals surface area contributed by atoms with E-state index in [1.165, 1.54) is 11.3 Å². The molecule has 0 radical (unpaired) electrons. The molecule has 0 aliphatic heterocycles. The monoisotopic (exact) mass is 332 g/mol. The molecule has 0 saturated carbocycles. The van der Waals surface area contributed by atoms with Crippen LogP contribution in [0.15, 0.2) is 47.1 Å². The van der Waals surface area contributed by atoms with Crippen LogP contribution in [0, 0.1) is 0 Å². The number of benzene rings is 1. The SMILES string of the molecule is CC(=NNC(=O)Cc1cn2ccsc2n1)c1ccccc1Cl. The van der Waals surface area contributed by atoms with Crippen molar-refractivity contribution >= 4 is 39.5 Å². The van der Waals surface area contributed by atoms with E-state index in [0.29, 0.717) is 10.7 Å². The van der Waals surface area contributed by atoms with Gasteiger partial charge in [0, 0.05) is 28.4 Å². The van der Waals surface area contributed by atoms with Crippen LogP contribution in [0.2, 0.25) is 5.02 Å². The van der Waals surface area contributed by atoms with E-state index in [9.17, 15) is 4.79 Å². The van der Waals surface area contributed by atoms with Crippen LogP contribution in [0.25, 0.3) is 4.96 Å². The Bertz CT molecular complexity index is 823. The van der Waals surface area contributed by atoms with Crippen molar-refractivity contribution in [2.45, 2.75) is 13.3 Å². The largest absolute Gasteiger partial charge is 0.297 e. The summed E-state index contributed by atoms with van der Waals surface area (Å²) in [4.78, 5) is 17.2. The number of fused-ring (bicyclic) bond motifs is 1. The first kappa shape index (κ1) is 14.7. The molecular weight excluding hydrogens is 320 g/mol. The number of nitrogens with zero attached hydrogens (tertiary/aromatic N) is 3. The van der Waals surface area contributed by atoms with Gasteiger partial charge in [-0.3, -0.25) is 9.20 Å². The summed E-state index contributed by atoms with van der Waals surface area (Å²) in [7, 11) is 0. The molecule has 22 heavy (non-hydrogen) atoms. The van der Waals surface area contributed by atoms with Crippen LogP contribution < -0.4 is 5.43 Å². The summed E-state index contributed by atoms with van der Waals surface area (Å²) in [6.07, 6.45) is 3.94. The van der Waals surface area contributed by atoms with E-state index in [1.54, 1.807) is 13.0 Å². The van der Waals surface area contributed by atoms with Gasteiger partial charge in [0.1, 0.15) is 0 Å². The van der Waals surface area contributed by atoms with Crippen molar-refractivity contribution in [3.63, 3.8) is 0 Å². The number of rotatable bonds is 4. The summed E-state index contributed by atoms with van der Waals surface area (Å²) in [6, 6.07) is 7.37. The maximum atomic E-state index is 11.9. The molecule has 2 heterocycles. The number of hydrazone groups is 1. The fraction of sp³-hybridized carbons (Fsp3) is 0.133. The van der Waals surface area contributed by atoms with Gasteiger partial charge in [0.05, 0.1) is 17.8 Å². The molecule has 0 unspecified atom stereocenters. The Labute approximate surface area is 136 Å². The Morgan fingerprint density at radius 3 is 3.05 bits per heavy atom. The molecule has 0 fully saturated rings. The van der Waals surface area contributed by atoms with E-state index < -0.39 is 0 Å². The summed E-state index contributed by atoms with van der Waals surface area (Å²) < 4.78 is 1.89. The van der Waals surface area contributed by atoms with Crippen LogP contribution in [0.3, 0.4) is 0 Å². The number of thiazole rings is 1. The number of carbonyl (C=O) groups excluding carboxylic acids is 1. The van der Waals surface area contributed by atoms with Crippen molar-refractivity contribution in [3.05, 3.63) is 58.3 Å². The zero-order valence-corrected chi connectivity index (χ0v) is 13.4. The Morgan fingerprint density at radius 2 is 2.27 bits per heavy atom. The predicted octanol–water partition coefficient (Wildman–Crippen LogP) is 3.13. The molecule has 3 aromatic rings. The molecule has 5 nitrogen and oxygen atoms in total. The van der Waals surface area contributed by atoms with E-state index in [1.807, 2.05) is 40.4 Å². The first-order valence-electron chi connectivity index (χ1n) is 6.62. The normalized spacial score (nSPS) is 11.8. The summed E-state index contributed by atoms with van der Waals surface area (Å²) >= 11 is 7.62. The molecule has 112 valence electrons. The molecule has 1 N–H and O–H groups in total. The average Bonchev–Trinajstić information content (AvgIpc) is 3.06. The molecule has 7 heteroatoms. The maximum Gasteiger partial charge on any atom is 0.246 e. The summed E-state index contributed by atoms with van der Waals surface area (Å²) in [6.45, 7) is 1.80. The molecule has 3 rings (SSSR count). The quantitative estimate of drug-likeness (QED) is 0.589. The second kappa shape index (κ2) is 6.29. The van der Waals surface area contributed by atoms with Crippen molar-refractivity contribution in [1.29, 1.82) is 0 Å². The lowest BCUT2D eigenvalue weighted by Crippen LogP contribution is -2.21. The van der Waals surface area contributed by atoms with Gasteiger partial charge in [-0.15, -0.1) is 11.3 Å². The van der Waals surface area contributed by atoms with Gasteiger partial charge >= 0.3 is 0 Å². The van der Waals surface area contributed by atoms with E-state index in [0.717, 1.165) is 16.2 Å². The fourth-order valence-corrected chi connectivity index (χ4v) is 3.02. The first-order valence-corrected chi connectivity index (χ1v) is 7.88. The number of carbonyl (C=O) groups is 1. The number of amides is 1. The first-order chi connectivity index (χ1) is 10.6. The van der Waals surface area contributed by atoms with Crippen molar-refractivity contribution < 1.29 is 4.79 Å². The van der Waals surface area contributed by atoms with E-state index in [4.69, 9.17) is 11.6 Å². The van der Waals surface area contributed by atoms with Gasteiger partial charge in [0.25, 0.3) is 0 Å². The highest BCUT2D eigenvalue weighted by Gasteiger charge is 2.08. The lowest BCUT2D eigenvalue weighted by atomic mass is 10.1. The lowest BCUT2D eigenvalue weighted by Gasteiger charge is -2.04. The predicted molar refractivity (Wildman–Crippen MR) is 88.6 cm³/mol. The van der Waals surface area contributed by atoms with Crippen molar-refractivity contribution in [1.82, 2.24) is 14.8 Å². The number of nitrogens with one attached hydrogen (secondary N) is 1. The van der Waals surface area contributed by atoms with Gasteiger partial charge in [-0.05, 0) is 13.0 Å². The topological polar surface area (TPSA) is 58.8 Å². The van der Waals surface area contributed by atoms with Gasteiger partial charge in [-0.25, -0.2) is 10.4 Å². The maximum absolute atomic E-state index is 11.9. The minimum absolute atomic E-state index is 0.188. The Kier molecular flexibility index (Phi) is 4.22. The van der Waals surface area contributed by atoms with Crippen LogP contribution in [0.4, 0.5) is 0 Å². The van der Waals surface area contributed by atoms with E-state index >= 15 is 0 Å². The molecule has 0 aliphatic rings. The molecule has 1 aromatic carbocycles. The van der Waals surface area contributed by atoms with Crippen LogP contribution in [-0.2, 0) is 11.2 Å². The Balaban J connectivity index is 1.65. The van der Waals surface area contributed by atoms with Crippen molar-refractivity contribution in [2.75, 3.05) is 0 Å². The lowest BCUT2D eigenvalue weighted by molar-refractivity contribution is -0.120. The number of halogens is 1. The second-order valence-corrected chi connectivity index (χ2v) is 5.99. The minimum atomic E-state index is -0.211. The molecule has 0 bridgehead atoms. The molecular formula is C15H13ClN4OS. The average molecular weight is 333 g/mol. The molecule has 0 spiro atoms. The van der Waals surface area contributed by atoms with Crippen LogP contribution in [0.1, 0.15) is 18.2 Å². The second-order valence-electron chi connectivity index (χ2n) is 4.71. The third kappa shape index (κ3) is 3.18. The minimum Gasteiger partial charge on any atom is -0.297 e. The highest BCUT2D eigenvalue weighted by atomic mass is 35.5. The molecule has 0 atom stereocenters. The zero-order valence-electron chi connectivity index (χ0n) is 11.8. The molecule has 0 aliphatic carbocycles. The van der Waals surface area contributed by atoms with Crippen LogP contribution in [0.5, 0.6) is 0 Å². The summed E-state index contributed by atoms with van der Waals surface area (Å²) in [5, 5.41) is 6.65. The fourth-order valence-electron chi connectivity index (χ4n) is 2.03. The van der Waals surface area contributed by atoms with Gasteiger partial charge in [-0.2, -0.15) is 5.10 Å². The van der Waals surface area contributed by atoms with Crippen molar-refractivity contribution in [2.24, 2.45) is 5.10 Å². The van der Waals surface area contributed by atoms with E-state index in [-0.39, 0.29) is 12.3 Å². The smallest absolute Gasteiger partial charge is 0.246 e. The van der Waals surface area contributed by atoms with Crippen LogP contribution >= 0.6 is 22.9 Å². The van der Waals surface area contributed by atoms with Gasteiger partial charge in [0.2, 0.25) is 5.91 Å². The Morgan fingerprint density at radius 1 is 1.45 bits per heavy atom. The van der Waals surface area contributed by atoms with Crippen molar-refractivity contribution in [3.8, 4) is 0 Å². The van der Waals surface area contributed by atoms with Gasteiger partial charge in [-0.1, -0.05) is 29.8 Å². The third-order valence-electron chi connectivity index (χ3n) is 3.10. The standard InChI is InChI=1S/C15H13ClN4OS/c1-10(12-4-2-3-5-13(12)16)18-19-14(21)8-11-9-20-6-7-22-15(20)17-11/h2-7,9H,8H2,1H3,(H,19,21). The third-order valence-corrected chi connectivity index (χ3v) is 4.20. The van der Waals surface area contributed by atoms with E-state index in [2.05, 4.69) is 15.5 Å². The number of imidazole rings is 1. The van der Waals surface area contributed by atoms with Gasteiger partial charge < -0.3 is 0 Å². The zero-order chi connectivity index (χ0) is 15.5. The highest BCUT2D eigenvalue weighted by Crippen LogP contribution is 2.15. The summed E-state index contributed by atoms with van der Waals surface area (Å²) in [5.41, 5.74) is 4.71. The van der Waals surface area contributed by atoms with Crippen LogP contribution in [-0.4, -0.2) is 21.0 Å². The number of hydrogen-bond acceptors (Lipinski definition) is 4.